The summed E-state index contributed by atoms with van der Waals surface area (Å²) in [6, 6.07) is 11.7. The number of nitrogens with zero attached hydrogens (tertiary/aromatic N) is 4. The van der Waals surface area contributed by atoms with Gasteiger partial charge in [0.2, 0.25) is 0 Å². The predicted octanol–water partition coefficient (Wildman–Crippen LogP) is 3.46. The Morgan fingerprint density at radius 1 is 1.17 bits per heavy atom. The molecule has 0 aliphatic heterocycles. The maximum Gasteiger partial charge on any atom is 0.177 e. The molecule has 2 aromatic carbocycles. The molecule has 0 spiro atoms. The van der Waals surface area contributed by atoms with E-state index in [0.717, 1.165) is 21.7 Å². The van der Waals surface area contributed by atoms with Crippen molar-refractivity contribution in [3.8, 4) is 6.07 Å². The molecule has 0 saturated heterocycles. The topological polar surface area (TPSA) is 78.5 Å². The van der Waals surface area contributed by atoms with Crippen molar-refractivity contribution in [2.75, 3.05) is 20.6 Å². The van der Waals surface area contributed by atoms with Crippen LogP contribution in [0.2, 0.25) is 0 Å². The minimum absolute atomic E-state index is 0.141. The number of benzene rings is 2. The standard InChI is InChI=1S/C23H18N4O2/c1-26(2)8-7-16-22(28)17-11-25-12-27-18-9-13(10-24)14-5-3-4-6-15(14)19(18)20(21(17)27)23(16)29/h3-6,9,11-12,16H,7-8H2,1-2H3. The minimum Gasteiger partial charge on any atom is -0.309 e. The number of hydrogen-bond donors (Lipinski definition) is 0. The molecule has 6 heteroatoms. The van der Waals surface area contributed by atoms with Crippen molar-refractivity contribution in [1.82, 2.24) is 14.3 Å². The smallest absolute Gasteiger partial charge is 0.177 e. The molecule has 142 valence electrons. The molecule has 4 aromatic rings. The zero-order valence-corrected chi connectivity index (χ0v) is 16.1. The first-order valence-electron chi connectivity index (χ1n) is 9.49. The number of Topliss-reactive ketones (excluding diaryl/α,β-unsaturated/α-hetero) is 2. The number of carbonyl (C=O) groups is 2. The van der Waals surface area contributed by atoms with E-state index in [2.05, 4.69) is 11.1 Å². The molecule has 0 amide bonds. The highest BCUT2D eigenvalue weighted by Gasteiger charge is 2.39. The Balaban J connectivity index is 1.93. The summed E-state index contributed by atoms with van der Waals surface area (Å²) in [6.45, 7) is 0.645. The average Bonchev–Trinajstić information content (AvgIpc) is 3.06. The van der Waals surface area contributed by atoms with Gasteiger partial charge in [-0.3, -0.25) is 14.0 Å². The number of carbonyl (C=O) groups excluding carboxylic acids is 2. The molecule has 1 aliphatic carbocycles. The molecular weight excluding hydrogens is 364 g/mol. The maximum absolute atomic E-state index is 13.6. The van der Waals surface area contributed by atoms with Crippen LogP contribution in [-0.2, 0) is 0 Å². The predicted molar refractivity (Wildman–Crippen MR) is 110 cm³/mol. The zero-order valence-electron chi connectivity index (χ0n) is 16.1. The summed E-state index contributed by atoms with van der Waals surface area (Å²) in [5.74, 6) is -1.02. The zero-order chi connectivity index (χ0) is 20.3. The van der Waals surface area contributed by atoms with E-state index in [9.17, 15) is 14.9 Å². The fourth-order valence-corrected chi connectivity index (χ4v) is 4.44. The second kappa shape index (κ2) is 6.23. The molecule has 29 heavy (non-hydrogen) atoms. The Labute approximate surface area is 167 Å². The fraction of sp³-hybridized carbons (Fsp3) is 0.217. The second-order valence-corrected chi connectivity index (χ2v) is 7.75. The van der Waals surface area contributed by atoms with E-state index in [1.54, 1.807) is 23.0 Å². The Morgan fingerprint density at radius 3 is 2.66 bits per heavy atom. The van der Waals surface area contributed by atoms with Crippen LogP contribution in [0.1, 0.15) is 32.7 Å². The molecule has 2 heterocycles. The summed E-state index contributed by atoms with van der Waals surface area (Å²) < 4.78 is 1.78. The van der Waals surface area contributed by atoms with E-state index >= 15 is 0 Å². The Morgan fingerprint density at radius 2 is 1.93 bits per heavy atom. The highest BCUT2D eigenvalue weighted by Crippen LogP contribution is 2.40. The first-order chi connectivity index (χ1) is 14.0. The molecule has 0 saturated carbocycles. The van der Waals surface area contributed by atoms with E-state index < -0.39 is 5.92 Å². The molecule has 6 nitrogen and oxygen atoms in total. The van der Waals surface area contributed by atoms with Gasteiger partial charge in [-0.2, -0.15) is 5.26 Å². The molecule has 0 fully saturated rings. The van der Waals surface area contributed by atoms with Crippen molar-refractivity contribution in [3.63, 3.8) is 0 Å². The van der Waals surface area contributed by atoms with E-state index in [1.807, 2.05) is 43.3 Å². The lowest BCUT2D eigenvalue weighted by Crippen LogP contribution is -2.32. The normalized spacial score (nSPS) is 16.3. The molecule has 1 aliphatic rings. The van der Waals surface area contributed by atoms with Crippen molar-refractivity contribution in [2.45, 2.75) is 6.42 Å². The van der Waals surface area contributed by atoms with Gasteiger partial charge in [0.15, 0.2) is 11.6 Å². The summed E-state index contributed by atoms with van der Waals surface area (Å²) >= 11 is 0. The number of hydrogen-bond acceptors (Lipinski definition) is 5. The SMILES string of the molecule is CN(C)CCC1C(=O)c2cncn3c2c(c2c4ccccc4c(C#N)cc23)C1=O. The van der Waals surface area contributed by atoms with Gasteiger partial charge in [0.05, 0.1) is 46.0 Å². The van der Waals surface area contributed by atoms with Crippen LogP contribution in [0.4, 0.5) is 0 Å². The van der Waals surface area contributed by atoms with Crippen LogP contribution in [0, 0.1) is 17.2 Å². The van der Waals surface area contributed by atoms with Crippen molar-refractivity contribution >= 4 is 38.8 Å². The highest BCUT2D eigenvalue weighted by molar-refractivity contribution is 6.33. The third kappa shape index (κ3) is 2.35. The summed E-state index contributed by atoms with van der Waals surface area (Å²) in [4.78, 5) is 32.9. The minimum atomic E-state index is -0.710. The Hall–Kier alpha value is -3.56. The molecule has 0 N–H and O–H groups in total. The number of rotatable bonds is 3. The van der Waals surface area contributed by atoms with E-state index in [0.29, 0.717) is 35.2 Å². The van der Waals surface area contributed by atoms with Gasteiger partial charge >= 0.3 is 0 Å². The maximum atomic E-state index is 13.6. The van der Waals surface area contributed by atoms with E-state index in [1.165, 1.54) is 0 Å². The van der Waals surface area contributed by atoms with Crippen LogP contribution >= 0.6 is 0 Å². The third-order valence-electron chi connectivity index (χ3n) is 5.78. The van der Waals surface area contributed by atoms with Crippen LogP contribution in [-0.4, -0.2) is 46.5 Å². The van der Waals surface area contributed by atoms with Crippen molar-refractivity contribution in [1.29, 1.82) is 5.26 Å². The lowest BCUT2D eigenvalue weighted by molar-refractivity contribution is 0.0788. The molecule has 5 rings (SSSR count). The van der Waals surface area contributed by atoms with Gasteiger partial charge in [0.1, 0.15) is 0 Å². The molecule has 0 bridgehead atoms. The van der Waals surface area contributed by atoms with Crippen LogP contribution in [0.3, 0.4) is 0 Å². The lowest BCUT2D eigenvalue weighted by Gasteiger charge is -2.22. The van der Waals surface area contributed by atoms with Crippen molar-refractivity contribution < 1.29 is 9.59 Å². The quantitative estimate of drug-likeness (QED) is 0.507. The van der Waals surface area contributed by atoms with Crippen molar-refractivity contribution in [2.24, 2.45) is 5.92 Å². The van der Waals surface area contributed by atoms with Crippen LogP contribution in [0.15, 0.2) is 42.9 Å². The summed E-state index contributed by atoms with van der Waals surface area (Å²) in [6.07, 6.45) is 3.63. The highest BCUT2D eigenvalue weighted by atomic mass is 16.2. The monoisotopic (exact) mass is 382 g/mol. The van der Waals surface area contributed by atoms with Gasteiger partial charge in [-0.25, -0.2) is 4.98 Å². The van der Waals surface area contributed by atoms with Crippen molar-refractivity contribution in [3.05, 3.63) is 59.5 Å². The average molecular weight is 382 g/mol. The number of ketones is 2. The third-order valence-corrected chi connectivity index (χ3v) is 5.78. The Bertz CT molecular complexity index is 1390. The van der Waals surface area contributed by atoms with Gasteiger partial charge in [-0.05, 0) is 38.5 Å². The lowest BCUT2D eigenvalue weighted by atomic mass is 9.81. The molecule has 0 radical (unpaired) electrons. The van der Waals surface area contributed by atoms with Gasteiger partial charge in [-0.1, -0.05) is 24.3 Å². The molecule has 1 unspecified atom stereocenters. The number of fused-ring (bicyclic) bond motifs is 5. The van der Waals surface area contributed by atoms with Crippen LogP contribution in [0.5, 0.6) is 0 Å². The van der Waals surface area contributed by atoms with Gasteiger partial charge in [-0.15, -0.1) is 0 Å². The first kappa shape index (κ1) is 17.5. The number of nitriles is 1. The number of aromatic nitrogens is 2. The molecule has 1 atom stereocenters. The van der Waals surface area contributed by atoms with Gasteiger partial charge < -0.3 is 4.90 Å². The second-order valence-electron chi connectivity index (χ2n) is 7.75. The molecule has 2 aromatic heterocycles. The summed E-state index contributed by atoms with van der Waals surface area (Å²) in [7, 11) is 3.85. The van der Waals surface area contributed by atoms with Crippen LogP contribution < -0.4 is 0 Å². The van der Waals surface area contributed by atoms with E-state index in [4.69, 9.17) is 0 Å². The largest absolute Gasteiger partial charge is 0.309 e. The summed E-state index contributed by atoms with van der Waals surface area (Å²) in [5, 5.41) is 12.1. The summed E-state index contributed by atoms with van der Waals surface area (Å²) in [5.41, 5.74) is 2.91. The first-order valence-corrected chi connectivity index (χ1v) is 9.49. The Kier molecular flexibility index (Phi) is 3.76. The van der Waals surface area contributed by atoms with E-state index in [-0.39, 0.29) is 11.6 Å². The van der Waals surface area contributed by atoms with Gasteiger partial charge in [0.25, 0.3) is 0 Å². The fourth-order valence-electron chi connectivity index (χ4n) is 4.44. The molecular formula is C23H18N4O2. The van der Waals surface area contributed by atoms with Gasteiger partial charge in [0, 0.05) is 17.0 Å². The van der Waals surface area contributed by atoms with Crippen LogP contribution in [0.25, 0.3) is 27.2 Å².